The Bertz CT molecular complexity index is 345. The number of nitrogens with one attached hydrogen (secondary N) is 1. The topological polar surface area (TPSA) is 49.3 Å². The van der Waals surface area contributed by atoms with Crippen LogP contribution in [0.1, 0.15) is 17.7 Å². The monoisotopic (exact) mass is 257 g/mol. The Morgan fingerprint density at radius 1 is 1.50 bits per heavy atom. The molecule has 1 aromatic heterocycles. The van der Waals surface area contributed by atoms with Crippen LogP contribution in [0.2, 0.25) is 0 Å². The molecule has 1 amide bonds. The minimum absolute atomic E-state index is 0.221. The van der Waals surface area contributed by atoms with Crippen LogP contribution in [0.4, 0.5) is 0 Å². The fraction of sp³-hybridized carbons (Fsp3) is 0.545. The highest BCUT2D eigenvalue weighted by Crippen LogP contribution is 2.27. The SMILES string of the molecule is O=C(NCc1cccs1)C1(O)CCSCC1. The van der Waals surface area contributed by atoms with Crippen molar-refractivity contribution in [2.75, 3.05) is 11.5 Å². The Kier molecular flexibility index (Phi) is 3.89. The van der Waals surface area contributed by atoms with Gasteiger partial charge in [-0.2, -0.15) is 11.8 Å². The standard InChI is InChI=1S/C11H15NO2S2/c13-10(11(14)3-6-15-7-4-11)12-8-9-2-1-5-16-9/h1-2,5,14H,3-4,6-8H2,(H,12,13). The minimum Gasteiger partial charge on any atom is -0.380 e. The normalized spacial score (nSPS) is 19.3. The maximum Gasteiger partial charge on any atom is 0.252 e. The van der Waals surface area contributed by atoms with Crippen molar-refractivity contribution in [3.8, 4) is 0 Å². The molecule has 0 radical (unpaired) electrons. The quantitative estimate of drug-likeness (QED) is 0.865. The lowest BCUT2D eigenvalue weighted by atomic mass is 9.96. The van der Waals surface area contributed by atoms with E-state index in [1.807, 2.05) is 17.5 Å². The van der Waals surface area contributed by atoms with Crippen LogP contribution in [0.3, 0.4) is 0 Å². The third-order valence-electron chi connectivity index (χ3n) is 2.75. The summed E-state index contributed by atoms with van der Waals surface area (Å²) in [6.07, 6.45) is 1.13. The number of thiophene rings is 1. The van der Waals surface area contributed by atoms with Crippen molar-refractivity contribution in [3.63, 3.8) is 0 Å². The van der Waals surface area contributed by atoms with E-state index in [4.69, 9.17) is 0 Å². The number of rotatable bonds is 3. The van der Waals surface area contributed by atoms with Crippen LogP contribution in [-0.4, -0.2) is 28.1 Å². The summed E-state index contributed by atoms with van der Waals surface area (Å²) in [7, 11) is 0. The molecule has 2 heterocycles. The molecule has 0 saturated carbocycles. The van der Waals surface area contributed by atoms with E-state index in [1.54, 1.807) is 23.1 Å². The number of hydrogen-bond donors (Lipinski definition) is 2. The van der Waals surface area contributed by atoms with Crippen LogP contribution < -0.4 is 5.32 Å². The minimum atomic E-state index is -1.14. The predicted octanol–water partition coefficient (Wildman–Crippen LogP) is 1.62. The highest BCUT2D eigenvalue weighted by Gasteiger charge is 2.37. The van der Waals surface area contributed by atoms with E-state index in [0.717, 1.165) is 16.4 Å². The van der Waals surface area contributed by atoms with Crippen molar-refractivity contribution in [2.24, 2.45) is 0 Å². The third-order valence-corrected chi connectivity index (χ3v) is 4.61. The van der Waals surface area contributed by atoms with Gasteiger partial charge in [0.1, 0.15) is 5.60 Å². The number of aliphatic hydroxyl groups is 1. The lowest BCUT2D eigenvalue weighted by Gasteiger charge is -2.30. The first-order chi connectivity index (χ1) is 7.71. The van der Waals surface area contributed by atoms with Gasteiger partial charge in [0.2, 0.25) is 0 Å². The van der Waals surface area contributed by atoms with Gasteiger partial charge in [0.25, 0.3) is 5.91 Å². The molecule has 0 bridgehead atoms. The Labute approximate surface area is 103 Å². The van der Waals surface area contributed by atoms with E-state index in [-0.39, 0.29) is 5.91 Å². The molecule has 1 fully saturated rings. The smallest absolute Gasteiger partial charge is 0.252 e. The summed E-state index contributed by atoms with van der Waals surface area (Å²) in [5.41, 5.74) is -1.14. The van der Waals surface area contributed by atoms with Gasteiger partial charge in [0.15, 0.2) is 0 Å². The fourth-order valence-electron chi connectivity index (χ4n) is 1.68. The second kappa shape index (κ2) is 5.21. The molecular formula is C11H15NO2S2. The van der Waals surface area contributed by atoms with Crippen LogP contribution in [0.25, 0.3) is 0 Å². The first kappa shape index (κ1) is 12.0. The lowest BCUT2D eigenvalue weighted by molar-refractivity contribution is -0.140. The summed E-state index contributed by atoms with van der Waals surface area (Å²) in [6, 6.07) is 3.93. The number of hydrogen-bond acceptors (Lipinski definition) is 4. The van der Waals surface area contributed by atoms with Gasteiger partial charge < -0.3 is 10.4 Å². The molecule has 1 aliphatic heterocycles. The molecule has 1 saturated heterocycles. The van der Waals surface area contributed by atoms with Crippen LogP contribution in [0, 0.1) is 0 Å². The van der Waals surface area contributed by atoms with E-state index in [1.165, 1.54) is 0 Å². The van der Waals surface area contributed by atoms with Crippen LogP contribution in [0.5, 0.6) is 0 Å². The zero-order valence-corrected chi connectivity index (χ0v) is 10.6. The van der Waals surface area contributed by atoms with E-state index in [0.29, 0.717) is 19.4 Å². The maximum atomic E-state index is 11.8. The average Bonchev–Trinajstić information content (AvgIpc) is 2.79. The molecule has 0 unspecified atom stereocenters. The molecule has 0 atom stereocenters. The van der Waals surface area contributed by atoms with Crippen LogP contribution in [0.15, 0.2) is 17.5 Å². The van der Waals surface area contributed by atoms with Gasteiger partial charge >= 0.3 is 0 Å². The molecule has 0 aliphatic carbocycles. The molecule has 16 heavy (non-hydrogen) atoms. The van der Waals surface area contributed by atoms with Gasteiger partial charge in [-0.25, -0.2) is 0 Å². The first-order valence-corrected chi connectivity index (χ1v) is 7.35. The summed E-state index contributed by atoms with van der Waals surface area (Å²) in [4.78, 5) is 13.0. The number of carbonyl (C=O) groups is 1. The summed E-state index contributed by atoms with van der Waals surface area (Å²) in [6.45, 7) is 0.520. The first-order valence-electron chi connectivity index (χ1n) is 5.31. The van der Waals surface area contributed by atoms with E-state index in [9.17, 15) is 9.90 Å². The van der Waals surface area contributed by atoms with Crippen molar-refractivity contribution in [2.45, 2.75) is 25.0 Å². The molecule has 3 nitrogen and oxygen atoms in total. The molecule has 2 N–H and O–H groups in total. The van der Waals surface area contributed by atoms with Crippen LogP contribution in [-0.2, 0) is 11.3 Å². The number of amides is 1. The van der Waals surface area contributed by atoms with E-state index < -0.39 is 5.60 Å². The van der Waals surface area contributed by atoms with Gasteiger partial charge in [0, 0.05) is 4.88 Å². The van der Waals surface area contributed by atoms with Gasteiger partial charge in [-0.15, -0.1) is 11.3 Å². The molecule has 0 aromatic carbocycles. The predicted molar refractivity (Wildman–Crippen MR) is 67.7 cm³/mol. The zero-order valence-electron chi connectivity index (χ0n) is 8.94. The fourth-order valence-corrected chi connectivity index (χ4v) is 3.49. The largest absolute Gasteiger partial charge is 0.380 e. The Balaban J connectivity index is 1.87. The van der Waals surface area contributed by atoms with Crippen molar-refractivity contribution in [1.82, 2.24) is 5.32 Å². The number of carbonyl (C=O) groups excluding carboxylic acids is 1. The van der Waals surface area contributed by atoms with Gasteiger partial charge in [-0.1, -0.05) is 6.07 Å². The summed E-state index contributed by atoms with van der Waals surface area (Å²) < 4.78 is 0. The number of thioether (sulfide) groups is 1. The van der Waals surface area contributed by atoms with Crippen molar-refractivity contribution < 1.29 is 9.90 Å². The average molecular weight is 257 g/mol. The maximum absolute atomic E-state index is 11.8. The van der Waals surface area contributed by atoms with Gasteiger partial charge in [-0.05, 0) is 35.8 Å². The van der Waals surface area contributed by atoms with Gasteiger partial charge in [0.05, 0.1) is 6.54 Å². The highest BCUT2D eigenvalue weighted by atomic mass is 32.2. The highest BCUT2D eigenvalue weighted by molar-refractivity contribution is 7.99. The molecule has 1 aliphatic rings. The second-order valence-corrected chi connectivity index (χ2v) is 6.16. The van der Waals surface area contributed by atoms with E-state index >= 15 is 0 Å². The summed E-state index contributed by atoms with van der Waals surface area (Å²) in [5, 5.41) is 14.9. The second-order valence-electron chi connectivity index (χ2n) is 3.91. The Morgan fingerprint density at radius 3 is 2.88 bits per heavy atom. The lowest BCUT2D eigenvalue weighted by Crippen LogP contribution is -2.48. The molecule has 2 rings (SSSR count). The van der Waals surface area contributed by atoms with Crippen molar-refractivity contribution in [1.29, 1.82) is 0 Å². The zero-order chi connectivity index (χ0) is 11.4. The molecule has 5 heteroatoms. The Hall–Kier alpha value is -0.520. The van der Waals surface area contributed by atoms with Crippen molar-refractivity contribution in [3.05, 3.63) is 22.4 Å². The summed E-state index contributed by atoms with van der Waals surface area (Å²) >= 11 is 3.40. The van der Waals surface area contributed by atoms with Crippen molar-refractivity contribution >= 4 is 29.0 Å². The molecular weight excluding hydrogens is 242 g/mol. The third kappa shape index (κ3) is 2.78. The van der Waals surface area contributed by atoms with E-state index in [2.05, 4.69) is 5.32 Å². The van der Waals surface area contributed by atoms with Crippen LogP contribution >= 0.6 is 23.1 Å². The summed E-state index contributed by atoms with van der Waals surface area (Å²) in [5.74, 6) is 1.51. The molecule has 1 aromatic rings. The molecule has 88 valence electrons. The molecule has 0 spiro atoms. The van der Waals surface area contributed by atoms with Gasteiger partial charge in [-0.3, -0.25) is 4.79 Å². The Morgan fingerprint density at radius 2 is 2.25 bits per heavy atom.